The number of nitrogens with zero attached hydrogens (tertiary/aromatic N) is 4. The monoisotopic (exact) mass is 889 g/mol. The molecule has 3 saturated heterocycles. The van der Waals surface area contributed by atoms with E-state index in [1.165, 1.54) is 21.1 Å². The first kappa shape index (κ1) is 44.0. The van der Waals surface area contributed by atoms with Crippen molar-refractivity contribution >= 4 is 34.5 Å². The molecule has 14 heteroatoms. The standard InChI is InChI=1S/C51H63N5O9/c1-10-46(60)27-33-28-48(44(58)62-8,41-34(17-22-55(29-33)30-46)35-24-32(14-12-20-53(4)5)15-16-38(35)52-41)37-25-36-39(26-40(37)61-7)54(6)51-49(36)19-23-56-21-13-18-47(11-2,42(49)56)43(64-31(3)57)50(51,65-51)45(59)63-9/h13,15-16,18,24-26,33,42-43,52,60H,10-11,17,19-23,27-30H2,1-9H3/t33-,42+,43-,46+,47-,48+,49-,50+,51+/m1/s1. The maximum Gasteiger partial charge on any atom is 0.347 e. The molecule has 1 aromatic heterocycles. The number of nitrogens with one attached hydrogen (secondary N) is 1. The number of methoxy groups -OCH3 is 3. The van der Waals surface area contributed by atoms with Gasteiger partial charge >= 0.3 is 17.9 Å². The molecule has 2 bridgehead atoms. The summed E-state index contributed by atoms with van der Waals surface area (Å²) in [5.74, 6) is 5.47. The number of rotatable bonds is 8. The number of ether oxygens (including phenoxy) is 5. The van der Waals surface area contributed by atoms with Crippen molar-refractivity contribution in [2.45, 2.75) is 99.2 Å². The van der Waals surface area contributed by atoms with Gasteiger partial charge in [0.2, 0.25) is 0 Å². The zero-order valence-electron chi connectivity index (χ0n) is 39.3. The summed E-state index contributed by atoms with van der Waals surface area (Å²) < 4.78 is 31.7. The van der Waals surface area contributed by atoms with Gasteiger partial charge in [0.25, 0.3) is 5.60 Å². The third kappa shape index (κ3) is 5.62. The van der Waals surface area contributed by atoms with Crippen LogP contribution in [0.2, 0.25) is 0 Å². The Morgan fingerprint density at radius 2 is 1.80 bits per heavy atom. The van der Waals surface area contributed by atoms with Crippen LogP contribution in [-0.4, -0.2) is 154 Å². The molecule has 4 fully saturated rings. The number of anilines is 1. The highest BCUT2D eigenvalue weighted by molar-refractivity contribution is 5.96. The van der Waals surface area contributed by atoms with Gasteiger partial charge in [0.15, 0.2) is 11.8 Å². The summed E-state index contributed by atoms with van der Waals surface area (Å²) in [5.41, 5.74) is -1.23. The molecule has 346 valence electrons. The number of benzene rings is 2. The van der Waals surface area contributed by atoms with Gasteiger partial charge in [-0.05, 0) is 100 Å². The van der Waals surface area contributed by atoms with Crippen LogP contribution in [0.25, 0.3) is 10.9 Å². The maximum atomic E-state index is 15.6. The summed E-state index contributed by atoms with van der Waals surface area (Å²) in [6.07, 6.45) is 6.48. The molecule has 7 aliphatic rings. The molecule has 3 aromatic rings. The van der Waals surface area contributed by atoms with Crippen LogP contribution >= 0.6 is 0 Å². The van der Waals surface area contributed by atoms with E-state index in [1.54, 1.807) is 7.11 Å². The molecular formula is C51H63N5O9. The topological polar surface area (TPSA) is 150 Å². The zero-order chi connectivity index (χ0) is 46.1. The van der Waals surface area contributed by atoms with Crippen molar-refractivity contribution in [2.24, 2.45) is 11.3 Å². The van der Waals surface area contributed by atoms with E-state index in [0.717, 1.165) is 39.0 Å². The van der Waals surface area contributed by atoms with E-state index < -0.39 is 57.2 Å². The lowest BCUT2D eigenvalue weighted by Gasteiger charge is -2.58. The molecule has 1 unspecified atom stereocenters. The molecule has 10 rings (SSSR count). The van der Waals surface area contributed by atoms with E-state index in [4.69, 9.17) is 23.7 Å². The van der Waals surface area contributed by atoms with Gasteiger partial charge in [-0.25, -0.2) is 4.79 Å². The van der Waals surface area contributed by atoms with Crippen LogP contribution in [0, 0.1) is 23.2 Å². The lowest BCUT2D eigenvalue weighted by Crippen LogP contribution is -2.75. The summed E-state index contributed by atoms with van der Waals surface area (Å²) >= 11 is 0. The van der Waals surface area contributed by atoms with Gasteiger partial charge in [-0.15, -0.1) is 0 Å². The number of epoxide rings is 1. The number of hydrogen-bond acceptors (Lipinski definition) is 13. The van der Waals surface area contributed by atoms with Crippen LogP contribution < -0.4 is 9.64 Å². The minimum atomic E-state index is -1.68. The molecule has 2 spiro atoms. The SMILES string of the molecule is CC[C@]1(O)C[C@H]2CN(CCc3c([nH]c4ccc(C#CCN(C)C)cc34)[C@@](C(=O)OC)(c3cc4c(cc3OC)N(C)[C@@]35O[C@]3(C(=O)OC)[C@H](OC(C)=O)[C@]3(CC)C=CCN6CC[C@]45[C@@H]63)C2)C1. The van der Waals surface area contributed by atoms with Gasteiger partial charge in [-0.1, -0.05) is 37.8 Å². The van der Waals surface area contributed by atoms with Crippen molar-refractivity contribution in [3.05, 3.63) is 70.4 Å². The molecule has 2 N–H and O–H groups in total. The summed E-state index contributed by atoms with van der Waals surface area (Å²) in [6.45, 7) is 9.41. The van der Waals surface area contributed by atoms with Crippen LogP contribution in [0.4, 0.5) is 5.69 Å². The minimum absolute atomic E-state index is 0.112. The molecule has 1 aliphatic carbocycles. The van der Waals surface area contributed by atoms with Gasteiger partial charge in [-0.3, -0.25) is 24.3 Å². The van der Waals surface area contributed by atoms with E-state index in [0.29, 0.717) is 89.1 Å². The highest BCUT2D eigenvalue weighted by Gasteiger charge is 2.98. The number of piperidine rings is 1. The Morgan fingerprint density at radius 1 is 1.02 bits per heavy atom. The quantitative estimate of drug-likeness (QED) is 0.109. The average Bonchev–Trinajstić information content (AvgIpc) is 3.54. The van der Waals surface area contributed by atoms with Crippen LogP contribution in [0.1, 0.15) is 80.8 Å². The fourth-order valence-corrected chi connectivity index (χ4v) is 14.3. The van der Waals surface area contributed by atoms with Crippen molar-refractivity contribution in [2.75, 3.05) is 86.6 Å². The van der Waals surface area contributed by atoms with E-state index >= 15 is 4.79 Å². The molecule has 7 heterocycles. The van der Waals surface area contributed by atoms with Crippen molar-refractivity contribution < 1.29 is 43.2 Å². The van der Waals surface area contributed by atoms with Crippen molar-refractivity contribution in [3.63, 3.8) is 0 Å². The first-order valence-electron chi connectivity index (χ1n) is 23.3. The summed E-state index contributed by atoms with van der Waals surface area (Å²) in [5, 5.41) is 13.1. The third-order valence-corrected chi connectivity index (χ3v) is 16.7. The third-order valence-electron chi connectivity index (χ3n) is 16.7. The molecule has 2 aromatic carbocycles. The Hall–Kier alpha value is -4.91. The number of carbonyl (C=O) groups excluding carboxylic acids is 3. The largest absolute Gasteiger partial charge is 0.496 e. The fraction of sp³-hybridized carbons (Fsp3) is 0.588. The number of carbonyl (C=O) groups is 3. The summed E-state index contributed by atoms with van der Waals surface area (Å²) in [4.78, 5) is 56.1. The molecule has 10 atom stereocenters. The van der Waals surface area contributed by atoms with Crippen LogP contribution in [-0.2, 0) is 50.6 Å². The second-order valence-electron chi connectivity index (χ2n) is 20.1. The molecule has 14 nitrogen and oxygen atoms in total. The maximum absolute atomic E-state index is 15.6. The fourth-order valence-electron chi connectivity index (χ4n) is 14.3. The number of aliphatic hydroxyl groups is 1. The highest BCUT2D eigenvalue weighted by Crippen LogP contribution is 2.80. The smallest absolute Gasteiger partial charge is 0.347 e. The number of aromatic nitrogens is 1. The number of H-pyrrole nitrogens is 1. The van der Waals surface area contributed by atoms with Crippen molar-refractivity contribution in [1.82, 2.24) is 19.7 Å². The molecule has 6 aliphatic heterocycles. The Balaban J connectivity index is 1.27. The Kier molecular flexibility index (Phi) is 10.2. The van der Waals surface area contributed by atoms with Gasteiger partial charge in [0.1, 0.15) is 11.2 Å². The number of hydrogen-bond donors (Lipinski definition) is 2. The second kappa shape index (κ2) is 15.1. The van der Waals surface area contributed by atoms with Crippen molar-refractivity contribution in [1.29, 1.82) is 0 Å². The lowest BCUT2D eigenvalue weighted by atomic mass is 9.49. The lowest BCUT2D eigenvalue weighted by molar-refractivity contribution is -0.178. The Morgan fingerprint density at radius 3 is 2.49 bits per heavy atom. The van der Waals surface area contributed by atoms with E-state index in [1.807, 2.05) is 50.0 Å². The minimum Gasteiger partial charge on any atom is -0.496 e. The highest BCUT2D eigenvalue weighted by atomic mass is 16.7. The number of fused-ring (bicyclic) bond motifs is 6. The van der Waals surface area contributed by atoms with Crippen molar-refractivity contribution in [3.8, 4) is 17.6 Å². The second-order valence-corrected chi connectivity index (χ2v) is 20.1. The van der Waals surface area contributed by atoms with E-state index in [9.17, 15) is 14.7 Å². The first-order chi connectivity index (χ1) is 31.1. The van der Waals surface area contributed by atoms with Gasteiger partial charge < -0.3 is 38.7 Å². The molecule has 0 amide bonds. The summed E-state index contributed by atoms with van der Waals surface area (Å²) in [7, 11) is 10.4. The van der Waals surface area contributed by atoms with Crippen LogP contribution in [0.15, 0.2) is 42.5 Å². The number of likely N-dealkylation sites (N-methyl/N-ethyl adjacent to an activating group) is 1. The van der Waals surface area contributed by atoms with Crippen LogP contribution in [0.5, 0.6) is 5.75 Å². The predicted molar refractivity (Wildman–Crippen MR) is 244 cm³/mol. The normalized spacial score (nSPS) is 36.1. The number of esters is 3. The molecule has 65 heavy (non-hydrogen) atoms. The first-order valence-corrected chi connectivity index (χ1v) is 23.3. The summed E-state index contributed by atoms with van der Waals surface area (Å²) in [6, 6.07) is 10.1. The zero-order valence-corrected chi connectivity index (χ0v) is 39.3. The van der Waals surface area contributed by atoms with Gasteiger partial charge in [0.05, 0.1) is 38.9 Å². The van der Waals surface area contributed by atoms with Gasteiger partial charge in [0, 0.05) is 91.1 Å². The predicted octanol–water partition coefficient (Wildman–Crippen LogP) is 4.27. The number of aromatic amines is 1. The Labute approximate surface area is 381 Å². The molecule has 1 saturated carbocycles. The molecule has 0 radical (unpaired) electrons. The van der Waals surface area contributed by atoms with Crippen LogP contribution in [0.3, 0.4) is 0 Å². The average molecular weight is 890 g/mol. The van der Waals surface area contributed by atoms with E-state index in [2.05, 4.69) is 63.9 Å². The van der Waals surface area contributed by atoms with E-state index in [-0.39, 0.29) is 12.0 Å². The Bertz CT molecular complexity index is 2600. The molecular weight excluding hydrogens is 827 g/mol. The van der Waals surface area contributed by atoms with Gasteiger partial charge in [-0.2, -0.15) is 0 Å².